The van der Waals surface area contributed by atoms with E-state index in [4.69, 9.17) is 16.3 Å². The van der Waals surface area contributed by atoms with Crippen LogP contribution in [0.2, 0.25) is 5.02 Å². The third-order valence-corrected chi connectivity index (χ3v) is 5.94. The van der Waals surface area contributed by atoms with Crippen LogP contribution in [0.25, 0.3) is 10.9 Å². The SMILES string of the molecule is Cc1ccc(Oc2ccc(Nc3ncnc4ccc(C#CCNC(=O)N5CCC5)cc34)cc2Cl)cn1. The van der Waals surface area contributed by atoms with Crippen LogP contribution in [-0.4, -0.2) is 45.5 Å². The number of hydrogen-bond acceptors (Lipinski definition) is 6. The molecular formula is C27H23ClN6O2. The molecule has 2 aromatic carbocycles. The van der Waals surface area contributed by atoms with Gasteiger partial charge in [0.2, 0.25) is 0 Å². The maximum atomic E-state index is 11.9. The van der Waals surface area contributed by atoms with Crippen LogP contribution < -0.4 is 15.4 Å². The molecule has 1 saturated heterocycles. The third kappa shape index (κ3) is 5.48. The van der Waals surface area contributed by atoms with Gasteiger partial charge in [-0.2, -0.15) is 0 Å². The van der Waals surface area contributed by atoms with Gasteiger partial charge in [0.25, 0.3) is 0 Å². The van der Waals surface area contributed by atoms with Crippen molar-refractivity contribution >= 4 is 40.0 Å². The highest BCUT2D eigenvalue weighted by molar-refractivity contribution is 6.32. The summed E-state index contributed by atoms with van der Waals surface area (Å²) < 4.78 is 5.85. The second-order valence-electron chi connectivity index (χ2n) is 8.26. The number of nitrogens with one attached hydrogen (secondary N) is 2. The third-order valence-electron chi connectivity index (χ3n) is 5.65. The van der Waals surface area contributed by atoms with Crippen LogP contribution in [0.5, 0.6) is 11.5 Å². The molecule has 0 radical (unpaired) electrons. The molecule has 5 rings (SSSR count). The Morgan fingerprint density at radius 1 is 1.11 bits per heavy atom. The van der Waals surface area contributed by atoms with Crippen molar-refractivity contribution in [3.8, 4) is 23.3 Å². The van der Waals surface area contributed by atoms with E-state index in [1.165, 1.54) is 6.33 Å². The van der Waals surface area contributed by atoms with Crippen LogP contribution in [0.3, 0.4) is 0 Å². The summed E-state index contributed by atoms with van der Waals surface area (Å²) in [5, 5.41) is 7.39. The van der Waals surface area contributed by atoms with Crippen LogP contribution in [0.1, 0.15) is 17.7 Å². The van der Waals surface area contributed by atoms with Gasteiger partial charge in [-0.25, -0.2) is 14.8 Å². The molecule has 1 fully saturated rings. The lowest BCUT2D eigenvalue weighted by molar-refractivity contribution is 0.169. The summed E-state index contributed by atoms with van der Waals surface area (Å²) in [6, 6.07) is 14.8. The maximum absolute atomic E-state index is 11.9. The summed E-state index contributed by atoms with van der Waals surface area (Å²) >= 11 is 6.48. The van der Waals surface area contributed by atoms with Crippen molar-refractivity contribution in [1.82, 2.24) is 25.2 Å². The molecule has 9 heteroatoms. The van der Waals surface area contributed by atoms with Gasteiger partial charge in [0.05, 0.1) is 23.3 Å². The number of aryl methyl sites for hydroxylation is 1. The highest BCUT2D eigenvalue weighted by Gasteiger charge is 2.18. The van der Waals surface area contributed by atoms with Crippen molar-refractivity contribution in [3.05, 3.63) is 77.3 Å². The van der Waals surface area contributed by atoms with E-state index < -0.39 is 0 Å². The van der Waals surface area contributed by atoms with Gasteiger partial charge in [-0.15, -0.1) is 0 Å². The van der Waals surface area contributed by atoms with Crippen molar-refractivity contribution in [2.75, 3.05) is 25.0 Å². The monoisotopic (exact) mass is 498 g/mol. The topological polar surface area (TPSA) is 92.3 Å². The van der Waals surface area contributed by atoms with E-state index in [0.717, 1.165) is 47.4 Å². The Labute approximate surface area is 213 Å². The molecule has 4 aromatic rings. The Hall–Kier alpha value is -4.35. The van der Waals surface area contributed by atoms with Gasteiger partial charge in [0.15, 0.2) is 0 Å². The van der Waals surface area contributed by atoms with E-state index in [9.17, 15) is 4.79 Å². The number of aromatic nitrogens is 3. The zero-order valence-electron chi connectivity index (χ0n) is 19.6. The number of urea groups is 1. The molecular weight excluding hydrogens is 476 g/mol. The maximum Gasteiger partial charge on any atom is 0.318 e. The minimum atomic E-state index is -0.0699. The van der Waals surface area contributed by atoms with Crippen LogP contribution in [0, 0.1) is 18.8 Å². The normalized spacial score (nSPS) is 12.3. The number of likely N-dealkylation sites (tertiary alicyclic amines) is 1. The van der Waals surface area contributed by atoms with Gasteiger partial charge in [0.1, 0.15) is 23.6 Å². The lowest BCUT2D eigenvalue weighted by Crippen LogP contribution is -2.47. The fourth-order valence-electron chi connectivity index (χ4n) is 3.57. The molecule has 0 saturated carbocycles. The summed E-state index contributed by atoms with van der Waals surface area (Å²) in [5.74, 6) is 7.86. The van der Waals surface area contributed by atoms with Crippen molar-refractivity contribution in [3.63, 3.8) is 0 Å². The fraction of sp³-hybridized carbons (Fsp3) is 0.185. The molecule has 36 heavy (non-hydrogen) atoms. The predicted molar refractivity (Wildman–Crippen MR) is 140 cm³/mol. The van der Waals surface area contributed by atoms with Gasteiger partial charge < -0.3 is 20.3 Å². The summed E-state index contributed by atoms with van der Waals surface area (Å²) in [4.78, 5) is 26.6. The highest BCUT2D eigenvalue weighted by Crippen LogP contribution is 2.33. The van der Waals surface area contributed by atoms with E-state index in [2.05, 4.69) is 37.4 Å². The standard InChI is InChI=1S/C27H23ClN6O2/c1-18-5-8-21(16-30-18)36-25-10-7-20(15-23(25)28)33-26-22-14-19(6-9-24(22)31-17-32-26)4-2-11-29-27(35)34-12-3-13-34/h5-10,14-17H,3,11-13H2,1H3,(H,29,35)(H,31,32,33). The van der Waals surface area contributed by atoms with Crippen molar-refractivity contribution in [1.29, 1.82) is 0 Å². The van der Waals surface area contributed by atoms with Crippen LogP contribution in [-0.2, 0) is 0 Å². The zero-order chi connectivity index (χ0) is 24.9. The molecule has 0 atom stereocenters. The van der Waals surface area contributed by atoms with Crippen molar-refractivity contribution in [2.45, 2.75) is 13.3 Å². The number of nitrogens with zero attached hydrogens (tertiary/aromatic N) is 4. The molecule has 1 aliphatic rings. The number of carbonyl (C=O) groups excluding carboxylic acids is 1. The first-order valence-corrected chi connectivity index (χ1v) is 11.9. The lowest BCUT2D eigenvalue weighted by Gasteiger charge is -2.30. The number of carbonyl (C=O) groups is 1. The molecule has 0 unspecified atom stereocenters. The fourth-order valence-corrected chi connectivity index (χ4v) is 3.79. The molecule has 8 nitrogen and oxygen atoms in total. The van der Waals surface area contributed by atoms with Crippen molar-refractivity contribution in [2.24, 2.45) is 0 Å². The first-order valence-electron chi connectivity index (χ1n) is 11.5. The van der Waals surface area contributed by atoms with Crippen LogP contribution in [0.4, 0.5) is 16.3 Å². The number of pyridine rings is 1. The average molecular weight is 499 g/mol. The summed E-state index contributed by atoms with van der Waals surface area (Å²) in [5.41, 5.74) is 3.24. The van der Waals surface area contributed by atoms with Gasteiger partial charge in [-0.3, -0.25) is 4.98 Å². The van der Waals surface area contributed by atoms with E-state index in [-0.39, 0.29) is 12.6 Å². The lowest BCUT2D eigenvalue weighted by atomic mass is 10.1. The largest absolute Gasteiger partial charge is 0.454 e. The van der Waals surface area contributed by atoms with E-state index in [1.807, 2.05) is 43.3 Å². The van der Waals surface area contributed by atoms with Crippen molar-refractivity contribution < 1.29 is 9.53 Å². The second kappa shape index (κ2) is 10.5. The van der Waals surface area contributed by atoms with Gasteiger partial charge in [-0.1, -0.05) is 23.4 Å². The van der Waals surface area contributed by atoms with E-state index >= 15 is 0 Å². The number of ether oxygens (including phenoxy) is 1. The summed E-state index contributed by atoms with van der Waals surface area (Å²) in [6.45, 7) is 3.82. The molecule has 2 amide bonds. The second-order valence-corrected chi connectivity index (χ2v) is 8.67. The van der Waals surface area contributed by atoms with Gasteiger partial charge >= 0.3 is 6.03 Å². The predicted octanol–water partition coefficient (Wildman–Crippen LogP) is 5.29. The summed E-state index contributed by atoms with van der Waals surface area (Å²) in [7, 11) is 0. The Morgan fingerprint density at radius 3 is 2.75 bits per heavy atom. The Bertz CT molecular complexity index is 1480. The molecule has 2 N–H and O–H groups in total. The van der Waals surface area contributed by atoms with E-state index in [1.54, 1.807) is 23.2 Å². The molecule has 0 aliphatic carbocycles. The van der Waals surface area contributed by atoms with Crippen LogP contribution >= 0.6 is 11.6 Å². The number of halogens is 1. The van der Waals surface area contributed by atoms with Crippen LogP contribution in [0.15, 0.2) is 61.1 Å². The first-order chi connectivity index (χ1) is 17.5. The Balaban J connectivity index is 1.30. The molecule has 1 aliphatic heterocycles. The number of anilines is 2. The minimum absolute atomic E-state index is 0.0699. The number of benzene rings is 2. The Kier molecular flexibility index (Phi) is 6.83. The quantitative estimate of drug-likeness (QED) is 0.363. The number of rotatable bonds is 5. The van der Waals surface area contributed by atoms with Gasteiger partial charge in [0, 0.05) is 35.4 Å². The number of amides is 2. The molecule has 2 aromatic heterocycles. The number of hydrogen-bond donors (Lipinski definition) is 2. The molecule has 180 valence electrons. The molecule has 0 spiro atoms. The first kappa shape index (κ1) is 23.4. The number of fused-ring (bicyclic) bond motifs is 1. The average Bonchev–Trinajstić information content (AvgIpc) is 2.84. The molecule has 0 bridgehead atoms. The van der Waals surface area contributed by atoms with E-state index in [0.29, 0.717) is 22.3 Å². The zero-order valence-corrected chi connectivity index (χ0v) is 20.3. The minimum Gasteiger partial charge on any atom is -0.454 e. The van der Waals surface area contributed by atoms with Gasteiger partial charge in [-0.05, 0) is 61.9 Å². The molecule has 3 heterocycles. The summed E-state index contributed by atoms with van der Waals surface area (Å²) in [6.07, 6.45) is 4.22. The highest BCUT2D eigenvalue weighted by atomic mass is 35.5. The smallest absolute Gasteiger partial charge is 0.318 e. The Morgan fingerprint density at radius 2 is 2.00 bits per heavy atom.